The van der Waals surface area contributed by atoms with E-state index < -0.39 is 0 Å². The SMILES string of the molecule is C1CCC(C2CCC(C3CCC4OC5C(CC(C6NC(C7CCCCC7)NC(C7CCCCC7)N6)C6CCCCC65)C4C3)CC2)CC1. The Bertz CT molecular complexity index is 967. The topological polar surface area (TPSA) is 45.3 Å². The van der Waals surface area contributed by atoms with Crippen molar-refractivity contribution in [3.05, 3.63) is 0 Å². The van der Waals surface area contributed by atoms with Crippen LogP contribution in [0.25, 0.3) is 0 Å². The van der Waals surface area contributed by atoms with Crippen LogP contribution in [0.15, 0.2) is 0 Å². The van der Waals surface area contributed by atoms with Gasteiger partial charge in [-0.1, -0.05) is 83.5 Å². The van der Waals surface area contributed by atoms with Crippen LogP contribution in [0, 0.1) is 65.1 Å². The lowest BCUT2D eigenvalue weighted by atomic mass is 9.56. The predicted molar refractivity (Wildman–Crippen MR) is 192 cm³/mol. The first-order valence-electron chi connectivity index (χ1n) is 22.2. The van der Waals surface area contributed by atoms with E-state index in [1.54, 1.807) is 38.5 Å². The summed E-state index contributed by atoms with van der Waals surface area (Å²) in [6, 6.07) is 0. The van der Waals surface area contributed by atoms with Gasteiger partial charge in [-0.3, -0.25) is 16.0 Å². The Morgan fingerprint density at radius 3 is 1.38 bits per heavy atom. The number of ether oxygens (including phenoxy) is 1. The summed E-state index contributed by atoms with van der Waals surface area (Å²) in [7, 11) is 0. The van der Waals surface area contributed by atoms with Crippen molar-refractivity contribution in [1.82, 2.24) is 16.0 Å². The standard InChI is InChI=1S/C43H73N3O/c1-4-12-28(13-5-1)29-20-22-30(23-21-29)33-24-25-39-36(26-33)37-27-38(34-18-10-11-19-35(34)40(37)47-39)43-45-41(31-14-6-2-7-15-31)44-42(46-43)32-16-8-3-9-17-32/h28-46H,1-27H2. The molecule has 266 valence electrons. The molecular weight excluding hydrogens is 574 g/mol. The largest absolute Gasteiger partial charge is 0.374 e. The van der Waals surface area contributed by atoms with Gasteiger partial charge in [0.1, 0.15) is 0 Å². The van der Waals surface area contributed by atoms with Gasteiger partial charge in [0, 0.05) is 0 Å². The molecule has 0 spiro atoms. The van der Waals surface area contributed by atoms with Crippen LogP contribution >= 0.6 is 0 Å². The minimum absolute atomic E-state index is 0.496. The van der Waals surface area contributed by atoms with Gasteiger partial charge in [-0.2, -0.15) is 0 Å². The van der Waals surface area contributed by atoms with Crippen LogP contribution in [0.3, 0.4) is 0 Å². The molecule has 0 bridgehead atoms. The monoisotopic (exact) mass is 648 g/mol. The van der Waals surface area contributed by atoms with Crippen LogP contribution < -0.4 is 16.0 Å². The minimum atomic E-state index is 0.496. The fraction of sp³-hybridized carbons (Fsp3) is 1.00. The summed E-state index contributed by atoms with van der Waals surface area (Å²) in [4.78, 5) is 0. The Kier molecular flexibility index (Phi) is 10.3. The number of nitrogens with one attached hydrogen (secondary N) is 3. The maximum Gasteiger partial charge on any atom is 0.0641 e. The fourth-order valence-electron chi connectivity index (χ4n) is 14.7. The zero-order valence-corrected chi connectivity index (χ0v) is 30.2. The average molecular weight is 648 g/mol. The highest BCUT2D eigenvalue weighted by atomic mass is 16.5. The molecule has 0 aromatic carbocycles. The van der Waals surface area contributed by atoms with Crippen LogP contribution in [0.4, 0.5) is 0 Å². The van der Waals surface area contributed by atoms with Gasteiger partial charge in [0.25, 0.3) is 0 Å². The van der Waals surface area contributed by atoms with Crippen LogP contribution in [0.1, 0.15) is 173 Å². The molecule has 10 unspecified atom stereocenters. The predicted octanol–water partition coefficient (Wildman–Crippen LogP) is 9.92. The second kappa shape index (κ2) is 14.8. The molecule has 2 aliphatic heterocycles. The van der Waals surface area contributed by atoms with E-state index >= 15 is 0 Å². The van der Waals surface area contributed by atoms with Crippen molar-refractivity contribution in [3.63, 3.8) is 0 Å². The molecule has 0 amide bonds. The lowest BCUT2D eigenvalue weighted by molar-refractivity contribution is -0.0881. The van der Waals surface area contributed by atoms with Crippen molar-refractivity contribution in [1.29, 1.82) is 0 Å². The first-order valence-corrected chi connectivity index (χ1v) is 22.2. The number of fused-ring (bicyclic) bond motifs is 5. The van der Waals surface area contributed by atoms with E-state index in [1.807, 2.05) is 0 Å². The number of hydrogen-bond acceptors (Lipinski definition) is 4. The summed E-state index contributed by atoms with van der Waals surface area (Å²) >= 11 is 0. The average Bonchev–Trinajstić information content (AvgIpc) is 3.53. The number of hydrogen-bond donors (Lipinski definition) is 3. The quantitative estimate of drug-likeness (QED) is 0.278. The van der Waals surface area contributed by atoms with Crippen molar-refractivity contribution in [2.45, 2.75) is 204 Å². The highest BCUT2D eigenvalue weighted by Crippen LogP contribution is 2.58. The van der Waals surface area contributed by atoms with Crippen molar-refractivity contribution in [2.75, 3.05) is 0 Å². The number of rotatable bonds is 5. The Labute approximate surface area is 289 Å². The van der Waals surface area contributed by atoms with Gasteiger partial charge in [-0.15, -0.1) is 0 Å². The van der Waals surface area contributed by atoms with Crippen molar-refractivity contribution >= 4 is 0 Å². The van der Waals surface area contributed by atoms with Gasteiger partial charge in [0.05, 0.1) is 30.7 Å². The smallest absolute Gasteiger partial charge is 0.0641 e. The van der Waals surface area contributed by atoms with E-state index in [9.17, 15) is 0 Å². The molecule has 47 heavy (non-hydrogen) atoms. The zero-order chi connectivity index (χ0) is 31.2. The van der Waals surface area contributed by atoms with Crippen LogP contribution in [0.5, 0.6) is 0 Å². The van der Waals surface area contributed by atoms with Crippen LogP contribution in [-0.4, -0.2) is 30.7 Å². The Balaban J connectivity index is 0.909. The van der Waals surface area contributed by atoms with Crippen LogP contribution in [0.2, 0.25) is 0 Å². The van der Waals surface area contributed by atoms with Crippen molar-refractivity contribution in [3.8, 4) is 0 Å². The summed E-state index contributed by atoms with van der Waals surface area (Å²) < 4.78 is 7.29. The molecular formula is C43H73N3O. The van der Waals surface area contributed by atoms with Gasteiger partial charge >= 0.3 is 0 Å². The molecule has 9 fully saturated rings. The molecule has 10 atom stereocenters. The third-order valence-corrected chi connectivity index (χ3v) is 17.1. The van der Waals surface area contributed by atoms with Crippen molar-refractivity contribution in [2.24, 2.45) is 65.1 Å². The van der Waals surface area contributed by atoms with Gasteiger partial charge in [-0.05, 0) is 155 Å². The summed E-state index contributed by atoms with van der Waals surface area (Å²) in [5.41, 5.74) is 0. The van der Waals surface area contributed by atoms with Crippen LogP contribution in [-0.2, 0) is 4.74 Å². The molecule has 2 saturated heterocycles. The summed E-state index contributed by atoms with van der Waals surface area (Å²) in [6.45, 7) is 0. The first kappa shape index (κ1) is 32.7. The molecule has 0 radical (unpaired) electrons. The van der Waals surface area contributed by atoms with E-state index in [0.717, 1.165) is 65.1 Å². The van der Waals surface area contributed by atoms with E-state index in [-0.39, 0.29) is 0 Å². The molecule has 4 nitrogen and oxygen atoms in total. The molecule has 4 heteroatoms. The lowest BCUT2D eigenvalue weighted by Crippen LogP contribution is -2.73. The normalized spacial score (nSPS) is 49.1. The Morgan fingerprint density at radius 2 is 0.766 bits per heavy atom. The summed E-state index contributed by atoms with van der Waals surface area (Å²) in [6.07, 6.45) is 42.6. The molecule has 0 aromatic rings. The molecule has 9 aliphatic rings. The van der Waals surface area contributed by atoms with E-state index in [1.165, 1.54) is 135 Å². The van der Waals surface area contributed by atoms with E-state index in [0.29, 0.717) is 30.7 Å². The van der Waals surface area contributed by atoms with E-state index in [2.05, 4.69) is 16.0 Å². The van der Waals surface area contributed by atoms with Gasteiger partial charge < -0.3 is 4.74 Å². The van der Waals surface area contributed by atoms with Gasteiger partial charge in [0.15, 0.2) is 0 Å². The molecule has 7 saturated carbocycles. The fourth-order valence-corrected chi connectivity index (χ4v) is 14.7. The van der Waals surface area contributed by atoms with Gasteiger partial charge in [0.2, 0.25) is 0 Å². The molecule has 7 aliphatic carbocycles. The van der Waals surface area contributed by atoms with E-state index in [4.69, 9.17) is 4.74 Å². The third kappa shape index (κ3) is 6.80. The van der Waals surface area contributed by atoms with Crippen molar-refractivity contribution < 1.29 is 4.74 Å². The maximum atomic E-state index is 7.29. The maximum absolute atomic E-state index is 7.29. The summed E-state index contributed by atoms with van der Waals surface area (Å²) in [5, 5.41) is 13.0. The Hall–Kier alpha value is -0.160. The molecule has 9 rings (SSSR count). The Morgan fingerprint density at radius 1 is 0.298 bits per heavy atom. The zero-order valence-electron chi connectivity index (χ0n) is 30.2. The highest BCUT2D eigenvalue weighted by molar-refractivity contribution is 5.07. The lowest BCUT2D eigenvalue weighted by Gasteiger charge is -2.54. The minimum Gasteiger partial charge on any atom is -0.374 e. The second-order valence-corrected chi connectivity index (χ2v) is 19.4. The summed E-state index contributed by atoms with van der Waals surface area (Å²) in [5.74, 6) is 9.97. The molecule has 3 N–H and O–H groups in total. The molecule has 2 heterocycles. The highest BCUT2D eigenvalue weighted by Gasteiger charge is 2.58. The molecule has 0 aromatic heterocycles. The second-order valence-electron chi connectivity index (χ2n) is 19.4. The first-order chi connectivity index (χ1) is 23.3. The third-order valence-electron chi connectivity index (χ3n) is 17.1. The van der Waals surface area contributed by atoms with Gasteiger partial charge in [-0.25, -0.2) is 0 Å².